The van der Waals surface area contributed by atoms with Crippen LogP contribution in [0.25, 0.3) is 0 Å². The Morgan fingerprint density at radius 1 is 0.234 bits per heavy atom. The minimum absolute atomic E-state index is 0. The van der Waals surface area contributed by atoms with E-state index in [1.54, 1.807) is 0 Å². The van der Waals surface area contributed by atoms with Gasteiger partial charge in [0.2, 0.25) is 11.6 Å². The van der Waals surface area contributed by atoms with Crippen molar-refractivity contribution in [2.45, 2.75) is 208 Å². The molecule has 0 unspecified atom stereocenters. The van der Waals surface area contributed by atoms with Gasteiger partial charge in [-0.05, 0) is 12.8 Å². The molecule has 77 heavy (non-hydrogen) atoms. The van der Waals surface area contributed by atoms with Gasteiger partial charge >= 0.3 is 23.5 Å². The summed E-state index contributed by atoms with van der Waals surface area (Å²) in [5.74, 6) is -105. The number of carbonyl (C=O) groups is 2. The van der Waals surface area contributed by atoms with Crippen molar-refractivity contribution in [2.75, 3.05) is 0 Å². The zero-order chi connectivity index (χ0) is 62.1. The molecule has 0 aromatic rings. The first-order valence-corrected chi connectivity index (χ1v) is 21.5. The SMILES string of the molecule is CCCCCCCCC(O)(O)C(O)(O)C(O)(O)C(O)(O)C(O)(O)C(O)(O)C(O)(O)C(O)(O)C(O)(O)C(=O)O.CCCCCCCCC(O)(O)C(O)(O)C(O)(O)C(O)(O)C(O)(O)C(O)(O)C(O)(O)C(O)(O)C(O)(O)C(=O)O.[Zn]. The number of hydrogen-bond acceptors (Lipinski definition) is 38. The van der Waals surface area contributed by atoms with Crippen LogP contribution in [0.1, 0.15) is 104 Å². The fourth-order valence-electron chi connectivity index (χ4n) is 6.43. The van der Waals surface area contributed by atoms with Crippen molar-refractivity contribution in [3.63, 3.8) is 0 Å². The summed E-state index contributed by atoms with van der Waals surface area (Å²) in [5, 5.41) is 370. The Hall–Kier alpha value is -1.88. The molecular formula is C36H72O40Zn. The molecule has 40 nitrogen and oxygen atoms in total. The predicted molar refractivity (Wildman–Crippen MR) is 220 cm³/mol. The molecule has 0 bridgehead atoms. The summed E-state index contributed by atoms with van der Waals surface area (Å²) < 4.78 is 0. The summed E-state index contributed by atoms with van der Waals surface area (Å²) in [6.45, 7) is 3.75. The first-order chi connectivity index (χ1) is 33.0. The molecule has 0 saturated carbocycles. The number of aliphatic hydroxyl groups is 36. The van der Waals surface area contributed by atoms with Crippen molar-refractivity contribution in [3.8, 4) is 0 Å². The maximum Gasteiger partial charge on any atom is 0.370 e. The van der Waals surface area contributed by atoms with Gasteiger partial charge in [0.25, 0.3) is 81.0 Å². The van der Waals surface area contributed by atoms with Crippen LogP contribution in [0.5, 0.6) is 0 Å². The first-order valence-electron chi connectivity index (χ1n) is 21.5. The molecule has 0 atom stereocenters. The molecule has 41 heteroatoms. The molecule has 0 spiro atoms. The maximum absolute atomic E-state index is 10.8. The molecule has 0 aliphatic carbocycles. The first kappa shape index (κ1) is 79.3. The third-order valence-corrected chi connectivity index (χ3v) is 12.3. The number of unbranched alkanes of at least 4 members (excludes halogenated alkanes) is 10. The minimum Gasteiger partial charge on any atom is -0.477 e. The third-order valence-electron chi connectivity index (χ3n) is 12.3. The second-order valence-corrected chi connectivity index (χ2v) is 18.0. The minimum atomic E-state index is -5.97. The van der Waals surface area contributed by atoms with Gasteiger partial charge in [-0.3, -0.25) is 0 Å². The molecule has 38 N–H and O–H groups in total. The van der Waals surface area contributed by atoms with E-state index < -0.39 is 129 Å². The molecule has 0 aliphatic heterocycles. The van der Waals surface area contributed by atoms with Crippen LogP contribution >= 0.6 is 0 Å². The Bertz CT molecular complexity index is 1760. The Labute approximate surface area is 442 Å². The van der Waals surface area contributed by atoms with E-state index in [0.717, 1.165) is 25.7 Å². The van der Waals surface area contributed by atoms with E-state index in [4.69, 9.17) is 10.2 Å². The molecular weight excluding hydrogens is 1140 g/mol. The van der Waals surface area contributed by atoms with Crippen molar-refractivity contribution in [1.29, 1.82) is 0 Å². The van der Waals surface area contributed by atoms with Crippen molar-refractivity contribution in [2.24, 2.45) is 0 Å². The number of aliphatic carboxylic acids is 2. The van der Waals surface area contributed by atoms with Gasteiger partial charge < -0.3 is 194 Å². The predicted octanol–water partition coefficient (Wildman–Crippen LogP) is -18.1. The quantitative estimate of drug-likeness (QED) is 0.0169. The van der Waals surface area contributed by atoms with Gasteiger partial charge in [0.05, 0.1) is 0 Å². The van der Waals surface area contributed by atoms with E-state index in [9.17, 15) is 193 Å². The van der Waals surface area contributed by atoms with Crippen LogP contribution in [-0.2, 0) is 29.1 Å². The van der Waals surface area contributed by atoms with E-state index in [0.29, 0.717) is 25.7 Å². The van der Waals surface area contributed by atoms with E-state index in [2.05, 4.69) is 0 Å². The Kier molecular flexibility index (Phi) is 25.7. The van der Waals surface area contributed by atoms with Crippen LogP contribution in [0.3, 0.4) is 0 Å². The summed E-state index contributed by atoms with van der Waals surface area (Å²) in [5.41, 5.74) is 0. The zero-order valence-corrected chi connectivity index (χ0v) is 43.4. The zero-order valence-electron chi connectivity index (χ0n) is 40.4. The number of carboxylic acids is 2. The van der Waals surface area contributed by atoms with Crippen LogP contribution in [0, 0.1) is 0 Å². The molecule has 0 aromatic heterocycles. The topological polar surface area (TPSA) is 803 Å². The molecule has 0 amide bonds. The Morgan fingerprint density at radius 3 is 0.545 bits per heavy atom. The van der Waals surface area contributed by atoms with Crippen molar-refractivity contribution in [1.82, 2.24) is 0 Å². The van der Waals surface area contributed by atoms with Crippen LogP contribution in [-0.4, -0.2) is 310 Å². The van der Waals surface area contributed by atoms with Crippen LogP contribution in [0.15, 0.2) is 0 Å². The molecule has 0 aromatic carbocycles. The summed E-state index contributed by atoms with van der Waals surface area (Å²) >= 11 is 0. The van der Waals surface area contributed by atoms with Crippen molar-refractivity contribution < 1.29 is 223 Å². The van der Waals surface area contributed by atoms with Gasteiger partial charge in [-0.1, -0.05) is 78.1 Å². The van der Waals surface area contributed by atoms with Crippen LogP contribution in [0.2, 0.25) is 0 Å². The average molecular weight is 1210 g/mol. The number of hydrogen-bond donors (Lipinski definition) is 38. The van der Waals surface area contributed by atoms with Crippen molar-refractivity contribution in [3.05, 3.63) is 0 Å². The van der Waals surface area contributed by atoms with Gasteiger partial charge in [-0.2, -0.15) is 0 Å². The molecule has 0 saturated heterocycles. The summed E-state index contributed by atoms with van der Waals surface area (Å²) in [6, 6.07) is 0. The molecule has 458 valence electrons. The largest absolute Gasteiger partial charge is 0.477 e. The smallest absolute Gasteiger partial charge is 0.370 e. The molecule has 0 radical (unpaired) electrons. The standard InChI is InChI=1S/2C18H36O20.Zn/c2*1-2-3-4-5-6-7-8-10(21,22)12(25,26)14(29,30)16(33,34)18(37,38)17(35,36)15(31,32)13(27,28)11(23,24)9(19)20;/h2*21-38H,2-8H2,1H3,(H,19,20);. The summed E-state index contributed by atoms with van der Waals surface area (Å²) in [4.78, 5) is 21.6. The van der Waals surface area contributed by atoms with Gasteiger partial charge in [0, 0.05) is 32.3 Å². The molecule has 0 rings (SSSR count). The average Bonchev–Trinajstić information content (AvgIpc) is 3.24. The summed E-state index contributed by atoms with van der Waals surface area (Å²) in [6.07, 6.45) is 2.66. The van der Waals surface area contributed by atoms with E-state index >= 15 is 0 Å². The van der Waals surface area contributed by atoms with E-state index in [1.165, 1.54) is 0 Å². The maximum atomic E-state index is 10.8. The fourth-order valence-corrected chi connectivity index (χ4v) is 6.43. The molecule has 0 aliphatic rings. The van der Waals surface area contributed by atoms with Gasteiger partial charge in [0.15, 0.2) is 0 Å². The molecule has 0 heterocycles. The van der Waals surface area contributed by atoms with Crippen LogP contribution in [0.4, 0.5) is 0 Å². The summed E-state index contributed by atoms with van der Waals surface area (Å²) in [7, 11) is 0. The van der Waals surface area contributed by atoms with Gasteiger partial charge in [-0.25, -0.2) is 9.59 Å². The van der Waals surface area contributed by atoms with Crippen LogP contribution < -0.4 is 0 Å². The van der Waals surface area contributed by atoms with Crippen molar-refractivity contribution >= 4 is 11.9 Å². The van der Waals surface area contributed by atoms with E-state index in [1.807, 2.05) is 13.8 Å². The monoisotopic (exact) mass is 1210 g/mol. The van der Waals surface area contributed by atoms with E-state index in [-0.39, 0.29) is 45.2 Å². The van der Waals surface area contributed by atoms with Gasteiger partial charge in [0.1, 0.15) is 0 Å². The molecule has 0 fully saturated rings. The second kappa shape index (κ2) is 24.9. The Balaban J connectivity index is -0.00000140. The number of rotatable bonds is 32. The Morgan fingerprint density at radius 2 is 0.377 bits per heavy atom. The second-order valence-electron chi connectivity index (χ2n) is 18.0. The third kappa shape index (κ3) is 13.0. The number of carboxylic acid groups (broad SMARTS) is 2. The fraction of sp³-hybridized carbons (Fsp3) is 0.944. The van der Waals surface area contributed by atoms with Gasteiger partial charge in [-0.15, -0.1) is 0 Å². The normalized spacial score (nSPS) is 15.5.